The Bertz CT molecular complexity index is 1610. The van der Waals surface area contributed by atoms with Gasteiger partial charge < -0.3 is 9.15 Å². The van der Waals surface area contributed by atoms with Gasteiger partial charge in [0, 0.05) is 28.3 Å². The molecule has 34 heavy (non-hydrogen) atoms. The lowest BCUT2D eigenvalue weighted by molar-refractivity contribution is 0.309. The fraction of sp³-hybridized carbons (Fsp3) is 0.115. The molecule has 0 saturated heterocycles. The number of H-pyrrole nitrogens is 1. The molecule has 0 radical (unpaired) electrons. The normalized spacial score (nSPS) is 11.3. The van der Waals surface area contributed by atoms with Crippen LogP contribution in [0.3, 0.4) is 0 Å². The van der Waals surface area contributed by atoms with E-state index in [1.807, 2.05) is 72.8 Å². The van der Waals surface area contributed by atoms with E-state index in [0.29, 0.717) is 23.9 Å². The summed E-state index contributed by atoms with van der Waals surface area (Å²) in [5.41, 5.74) is 5.99. The second-order valence-electron chi connectivity index (χ2n) is 7.87. The zero-order valence-electron chi connectivity index (χ0n) is 18.4. The van der Waals surface area contributed by atoms with Crippen LogP contribution in [0, 0.1) is 0 Å². The number of ether oxygens (including phenoxy) is 1. The minimum atomic E-state index is 0.411. The highest BCUT2D eigenvalue weighted by Crippen LogP contribution is 2.32. The minimum Gasteiger partial charge on any atom is -0.488 e. The Kier molecular flexibility index (Phi) is 4.95. The Morgan fingerprint density at radius 1 is 0.882 bits per heavy atom. The quantitative estimate of drug-likeness (QED) is 0.366. The monoisotopic (exact) mass is 448 g/mol. The third-order valence-corrected chi connectivity index (χ3v) is 5.68. The number of pyridine rings is 1. The molecule has 0 spiro atoms. The van der Waals surface area contributed by atoms with Crippen molar-refractivity contribution in [2.75, 3.05) is 0 Å². The summed E-state index contributed by atoms with van der Waals surface area (Å²) in [7, 11) is 0. The summed E-state index contributed by atoms with van der Waals surface area (Å²) in [6, 6.07) is 23.6. The first-order valence-corrected chi connectivity index (χ1v) is 11.0. The molecule has 0 fully saturated rings. The fourth-order valence-corrected chi connectivity index (χ4v) is 3.98. The van der Waals surface area contributed by atoms with Crippen LogP contribution in [0.15, 0.2) is 77.2 Å². The van der Waals surface area contributed by atoms with E-state index in [9.17, 15) is 0 Å². The van der Waals surface area contributed by atoms with Crippen LogP contribution in [0.2, 0.25) is 0 Å². The molecule has 0 aliphatic heterocycles. The summed E-state index contributed by atoms with van der Waals surface area (Å²) in [6.07, 6.45) is 0.847. The SMILES string of the molecule is CCc1cc(OCc2ccc3oc(-c4ccccc4-c4nn[nH]n4)nc3c2)c2ccccc2n1. The number of nitrogens with one attached hydrogen (secondary N) is 1. The first-order valence-electron chi connectivity index (χ1n) is 11.0. The van der Waals surface area contributed by atoms with Crippen LogP contribution >= 0.6 is 0 Å². The fourth-order valence-electron chi connectivity index (χ4n) is 3.98. The second kappa shape index (κ2) is 8.40. The number of aromatic nitrogens is 6. The maximum Gasteiger partial charge on any atom is 0.228 e. The molecular formula is C26H20N6O2. The van der Waals surface area contributed by atoms with Gasteiger partial charge in [-0.05, 0) is 47.5 Å². The van der Waals surface area contributed by atoms with E-state index in [0.717, 1.165) is 51.0 Å². The van der Waals surface area contributed by atoms with E-state index in [2.05, 4.69) is 27.5 Å². The van der Waals surface area contributed by atoms with Crippen molar-refractivity contribution in [2.24, 2.45) is 0 Å². The molecule has 0 saturated carbocycles. The molecule has 3 aromatic heterocycles. The van der Waals surface area contributed by atoms with Crippen LogP contribution in [-0.4, -0.2) is 30.6 Å². The molecule has 166 valence electrons. The van der Waals surface area contributed by atoms with E-state index in [-0.39, 0.29) is 0 Å². The Balaban J connectivity index is 1.31. The van der Waals surface area contributed by atoms with Crippen molar-refractivity contribution in [1.82, 2.24) is 30.6 Å². The summed E-state index contributed by atoms with van der Waals surface area (Å²) in [4.78, 5) is 9.42. The van der Waals surface area contributed by atoms with E-state index in [1.165, 1.54) is 0 Å². The molecule has 0 atom stereocenters. The Hall–Kier alpha value is -4.59. The first-order chi connectivity index (χ1) is 16.8. The van der Waals surface area contributed by atoms with Crippen LogP contribution in [0.4, 0.5) is 0 Å². The maximum atomic E-state index is 6.23. The molecule has 8 nitrogen and oxygen atoms in total. The van der Waals surface area contributed by atoms with Crippen molar-refractivity contribution in [3.8, 4) is 28.6 Å². The van der Waals surface area contributed by atoms with Gasteiger partial charge in [0.1, 0.15) is 17.9 Å². The van der Waals surface area contributed by atoms with Crippen molar-refractivity contribution in [3.05, 3.63) is 84.1 Å². The lowest BCUT2D eigenvalue weighted by Crippen LogP contribution is -1.98. The lowest BCUT2D eigenvalue weighted by Gasteiger charge is -2.11. The molecule has 0 bridgehead atoms. The van der Waals surface area contributed by atoms with Crippen LogP contribution < -0.4 is 4.74 Å². The zero-order chi connectivity index (χ0) is 22.9. The van der Waals surface area contributed by atoms with Gasteiger partial charge in [0.2, 0.25) is 11.7 Å². The average Bonchev–Trinajstić information content (AvgIpc) is 3.57. The molecule has 3 aromatic carbocycles. The van der Waals surface area contributed by atoms with Crippen molar-refractivity contribution in [3.63, 3.8) is 0 Å². The predicted molar refractivity (Wildman–Crippen MR) is 128 cm³/mol. The number of hydrogen-bond acceptors (Lipinski definition) is 7. The highest BCUT2D eigenvalue weighted by atomic mass is 16.5. The lowest BCUT2D eigenvalue weighted by atomic mass is 10.1. The second-order valence-corrected chi connectivity index (χ2v) is 7.87. The van der Waals surface area contributed by atoms with E-state index < -0.39 is 0 Å². The average molecular weight is 448 g/mol. The van der Waals surface area contributed by atoms with Crippen LogP contribution in [-0.2, 0) is 13.0 Å². The van der Waals surface area contributed by atoms with Gasteiger partial charge in [-0.3, -0.25) is 4.98 Å². The summed E-state index contributed by atoms with van der Waals surface area (Å²) < 4.78 is 12.3. The van der Waals surface area contributed by atoms with Gasteiger partial charge in [0.25, 0.3) is 0 Å². The number of nitrogens with zero attached hydrogens (tertiary/aromatic N) is 5. The molecule has 6 aromatic rings. The number of oxazole rings is 1. The molecular weight excluding hydrogens is 428 g/mol. The highest BCUT2D eigenvalue weighted by Gasteiger charge is 2.16. The molecule has 1 N–H and O–H groups in total. The topological polar surface area (TPSA) is 103 Å². The van der Waals surface area contributed by atoms with Gasteiger partial charge >= 0.3 is 0 Å². The van der Waals surface area contributed by atoms with E-state index in [4.69, 9.17) is 19.1 Å². The third kappa shape index (κ3) is 3.65. The van der Waals surface area contributed by atoms with Gasteiger partial charge in [-0.1, -0.05) is 43.3 Å². The third-order valence-electron chi connectivity index (χ3n) is 5.68. The summed E-state index contributed by atoms with van der Waals surface area (Å²) in [5, 5.41) is 15.3. The summed E-state index contributed by atoms with van der Waals surface area (Å²) >= 11 is 0. The molecule has 0 aliphatic rings. The number of hydrogen-bond donors (Lipinski definition) is 1. The number of para-hydroxylation sites is 1. The number of tetrazole rings is 1. The van der Waals surface area contributed by atoms with Gasteiger partial charge in [-0.15, -0.1) is 10.2 Å². The Labute approximate surface area is 194 Å². The number of aryl methyl sites for hydroxylation is 1. The van der Waals surface area contributed by atoms with Crippen LogP contribution in [0.5, 0.6) is 5.75 Å². The van der Waals surface area contributed by atoms with Gasteiger partial charge in [0.05, 0.1) is 5.52 Å². The predicted octanol–water partition coefficient (Wildman–Crippen LogP) is 5.36. The molecule has 0 amide bonds. The van der Waals surface area contributed by atoms with Crippen molar-refractivity contribution >= 4 is 22.0 Å². The molecule has 6 rings (SSSR count). The van der Waals surface area contributed by atoms with E-state index >= 15 is 0 Å². The number of aromatic amines is 1. The Morgan fingerprint density at radius 2 is 1.74 bits per heavy atom. The van der Waals surface area contributed by atoms with Crippen molar-refractivity contribution < 1.29 is 9.15 Å². The van der Waals surface area contributed by atoms with Crippen LogP contribution in [0.1, 0.15) is 18.2 Å². The highest BCUT2D eigenvalue weighted by molar-refractivity contribution is 5.85. The van der Waals surface area contributed by atoms with Gasteiger partial charge in [-0.25, -0.2) is 4.98 Å². The Morgan fingerprint density at radius 3 is 2.59 bits per heavy atom. The first kappa shape index (κ1) is 20.0. The molecule has 8 heteroatoms. The van der Waals surface area contributed by atoms with E-state index in [1.54, 1.807) is 0 Å². The number of benzene rings is 3. The van der Waals surface area contributed by atoms with Crippen LogP contribution in [0.25, 0.3) is 44.8 Å². The summed E-state index contributed by atoms with van der Waals surface area (Å²) in [6.45, 7) is 2.50. The molecule has 3 heterocycles. The largest absolute Gasteiger partial charge is 0.488 e. The number of fused-ring (bicyclic) bond motifs is 2. The maximum absolute atomic E-state index is 6.23. The minimum absolute atomic E-state index is 0.411. The van der Waals surface area contributed by atoms with Gasteiger partial charge in [-0.2, -0.15) is 5.21 Å². The smallest absolute Gasteiger partial charge is 0.228 e. The number of rotatable bonds is 6. The molecule has 0 unspecified atom stereocenters. The zero-order valence-corrected chi connectivity index (χ0v) is 18.4. The van der Waals surface area contributed by atoms with Crippen molar-refractivity contribution in [2.45, 2.75) is 20.0 Å². The molecule has 0 aliphatic carbocycles. The van der Waals surface area contributed by atoms with Gasteiger partial charge in [0.15, 0.2) is 5.58 Å². The summed E-state index contributed by atoms with van der Waals surface area (Å²) in [5.74, 6) is 1.82. The standard InChI is InChI=1S/C26H20N6O2/c1-2-17-14-24(20-9-5-6-10-21(20)27-17)33-15-16-11-12-23-22(13-16)28-26(34-23)19-8-4-3-7-18(19)25-29-31-32-30-25/h3-14H,2,15H2,1H3,(H,29,30,31,32). The van der Waals surface area contributed by atoms with Crippen molar-refractivity contribution in [1.29, 1.82) is 0 Å².